The third-order valence-electron chi connectivity index (χ3n) is 5.08. The van der Waals surface area contributed by atoms with Crippen LogP contribution in [-0.4, -0.2) is 17.8 Å². The summed E-state index contributed by atoms with van der Waals surface area (Å²) in [7, 11) is 0. The van der Waals surface area contributed by atoms with Crippen molar-refractivity contribution < 1.29 is 4.65 Å². The summed E-state index contributed by atoms with van der Waals surface area (Å²) >= 11 is 0. The van der Waals surface area contributed by atoms with Crippen LogP contribution in [0.25, 0.3) is 11.3 Å². The van der Waals surface area contributed by atoms with Crippen LogP contribution in [0, 0.1) is 0 Å². The molecule has 2 aliphatic rings. The minimum Gasteiger partial charge on any atom is -0.554 e. The van der Waals surface area contributed by atoms with E-state index in [2.05, 4.69) is 36.1 Å². The van der Waals surface area contributed by atoms with Crippen molar-refractivity contribution in [2.24, 2.45) is 11.5 Å². The van der Waals surface area contributed by atoms with Crippen LogP contribution in [0.4, 0.5) is 0 Å². The zero-order chi connectivity index (χ0) is 20.3. The lowest BCUT2D eigenvalue weighted by molar-refractivity contribution is 0.513. The zero-order valence-electron chi connectivity index (χ0n) is 17.0. The van der Waals surface area contributed by atoms with Crippen LogP contribution in [-0.2, 0) is 19.5 Å². The molecule has 2 aliphatic heterocycles. The number of rotatable bonds is 4. The van der Waals surface area contributed by atoms with Crippen LogP contribution in [0.3, 0.4) is 0 Å². The predicted octanol–water partition coefficient (Wildman–Crippen LogP) is 3.08. The Morgan fingerprint density at radius 2 is 2.04 bits per heavy atom. The van der Waals surface area contributed by atoms with Crippen LogP contribution < -0.4 is 21.4 Å². The lowest BCUT2D eigenvalue weighted by Crippen LogP contribution is -2.44. The van der Waals surface area contributed by atoms with Crippen molar-refractivity contribution in [2.75, 3.05) is 0 Å². The molecule has 1 aromatic carbocycles. The highest BCUT2D eigenvalue weighted by Gasteiger charge is 2.39. The number of para-hydroxylation sites is 1. The molecule has 0 bridgehead atoms. The summed E-state index contributed by atoms with van der Waals surface area (Å²) in [6.45, 7) is 10.9. The Labute approximate surface area is 168 Å². The van der Waals surface area contributed by atoms with Crippen LogP contribution in [0.1, 0.15) is 48.8 Å². The fraction of sp³-hybridized carbons (Fsp3) is 0.318. The SMILES string of the molecule is C=C(C)c1cccc2c1OB1C=C(c3ccc(CN)c(CN)n3)NC1C2.CC. The normalized spacial score (nSPS) is 16.7. The van der Waals surface area contributed by atoms with Gasteiger partial charge in [0.1, 0.15) is 5.75 Å². The zero-order valence-corrected chi connectivity index (χ0v) is 17.0. The predicted molar refractivity (Wildman–Crippen MR) is 118 cm³/mol. The van der Waals surface area contributed by atoms with E-state index in [0.717, 1.165) is 46.0 Å². The molecule has 0 fully saturated rings. The highest BCUT2D eigenvalue weighted by Crippen LogP contribution is 2.36. The van der Waals surface area contributed by atoms with Gasteiger partial charge < -0.3 is 21.4 Å². The first kappa shape index (κ1) is 20.2. The first-order chi connectivity index (χ1) is 13.6. The molecule has 3 heterocycles. The number of nitrogens with zero attached hydrogens (tertiary/aromatic N) is 1. The first-order valence-corrected chi connectivity index (χ1v) is 9.92. The molecule has 5 N–H and O–H groups in total. The fourth-order valence-electron chi connectivity index (χ4n) is 3.69. The van der Waals surface area contributed by atoms with Crippen molar-refractivity contribution in [3.8, 4) is 5.75 Å². The van der Waals surface area contributed by atoms with Gasteiger partial charge in [0, 0.05) is 18.7 Å². The molecule has 1 unspecified atom stereocenters. The molecule has 0 amide bonds. The second-order valence-electron chi connectivity index (χ2n) is 6.90. The summed E-state index contributed by atoms with van der Waals surface area (Å²) in [4.78, 5) is 4.69. The van der Waals surface area contributed by atoms with Crippen molar-refractivity contribution in [1.29, 1.82) is 0 Å². The maximum absolute atomic E-state index is 6.33. The van der Waals surface area contributed by atoms with Gasteiger partial charge in [0.05, 0.1) is 23.0 Å². The summed E-state index contributed by atoms with van der Waals surface area (Å²) < 4.78 is 6.33. The van der Waals surface area contributed by atoms with Gasteiger partial charge in [-0.1, -0.05) is 44.7 Å². The largest absolute Gasteiger partial charge is 0.554 e. The number of benzene rings is 1. The number of pyridine rings is 1. The Morgan fingerprint density at radius 1 is 1.25 bits per heavy atom. The van der Waals surface area contributed by atoms with Crippen LogP contribution in [0.5, 0.6) is 5.75 Å². The van der Waals surface area contributed by atoms with Gasteiger partial charge in [0.2, 0.25) is 0 Å². The Morgan fingerprint density at radius 3 is 2.71 bits per heavy atom. The van der Waals surface area contributed by atoms with Crippen molar-refractivity contribution in [3.05, 3.63) is 71.0 Å². The molecule has 1 aromatic heterocycles. The monoisotopic (exact) mass is 376 g/mol. The number of nitrogens with one attached hydrogen (secondary N) is 1. The smallest absolute Gasteiger partial charge is 0.409 e. The molecular weight excluding hydrogens is 347 g/mol. The number of hydrogen-bond acceptors (Lipinski definition) is 5. The number of allylic oxidation sites excluding steroid dienone is 1. The average Bonchev–Trinajstić information content (AvgIpc) is 3.15. The van der Waals surface area contributed by atoms with Crippen molar-refractivity contribution in [2.45, 2.75) is 46.2 Å². The lowest BCUT2D eigenvalue weighted by Gasteiger charge is -2.28. The third-order valence-corrected chi connectivity index (χ3v) is 5.08. The Kier molecular flexibility index (Phi) is 6.22. The van der Waals surface area contributed by atoms with Crippen molar-refractivity contribution >= 4 is 18.2 Å². The van der Waals surface area contributed by atoms with E-state index in [1.54, 1.807) is 0 Å². The summed E-state index contributed by atoms with van der Waals surface area (Å²) in [6.07, 6.45) is 0.908. The molecule has 0 saturated heterocycles. The number of hydrogen-bond donors (Lipinski definition) is 3. The van der Waals surface area contributed by atoms with Gasteiger partial charge in [-0.25, -0.2) is 4.98 Å². The van der Waals surface area contributed by atoms with Crippen LogP contribution in [0.2, 0.25) is 0 Å². The van der Waals surface area contributed by atoms with E-state index in [4.69, 9.17) is 21.1 Å². The van der Waals surface area contributed by atoms with Gasteiger partial charge in [0.25, 0.3) is 0 Å². The second kappa shape index (κ2) is 8.63. The van der Waals surface area contributed by atoms with E-state index < -0.39 is 0 Å². The van der Waals surface area contributed by atoms with Gasteiger partial charge in [-0.05, 0) is 42.1 Å². The molecule has 0 aliphatic carbocycles. The fourth-order valence-corrected chi connectivity index (χ4v) is 3.69. The summed E-state index contributed by atoms with van der Waals surface area (Å²) in [6, 6.07) is 10.2. The van der Waals surface area contributed by atoms with Crippen LogP contribution >= 0.6 is 0 Å². The topological polar surface area (TPSA) is 86.2 Å². The molecule has 1 atom stereocenters. The lowest BCUT2D eigenvalue weighted by atomic mass is 9.58. The molecule has 4 rings (SSSR count). The van der Waals surface area contributed by atoms with E-state index in [1.165, 1.54) is 5.56 Å². The minimum atomic E-state index is -0.0182. The molecule has 2 aromatic rings. The maximum Gasteiger partial charge on any atom is 0.409 e. The minimum absolute atomic E-state index is 0.0182. The van der Waals surface area contributed by atoms with Gasteiger partial charge >= 0.3 is 6.92 Å². The molecule has 28 heavy (non-hydrogen) atoms. The van der Waals surface area contributed by atoms with E-state index in [9.17, 15) is 0 Å². The summed E-state index contributed by atoms with van der Waals surface area (Å²) in [5, 5.41) is 3.57. The van der Waals surface area contributed by atoms with E-state index in [-0.39, 0.29) is 12.9 Å². The Bertz CT molecular complexity index is 909. The highest BCUT2D eigenvalue weighted by atomic mass is 16.4. The van der Waals surface area contributed by atoms with Gasteiger partial charge in [-0.3, -0.25) is 0 Å². The maximum atomic E-state index is 6.33. The van der Waals surface area contributed by atoms with E-state index in [1.807, 2.05) is 32.9 Å². The van der Waals surface area contributed by atoms with Crippen molar-refractivity contribution in [3.63, 3.8) is 0 Å². The molecule has 6 heteroatoms. The standard InChI is InChI=1S/C20H23BN4O.C2H6/c1-12(2)15-5-3-4-13-8-19-21(26-20(13)15)9-17(25-19)16-7-6-14(10-22)18(11-23)24-16;1-2/h3-7,9,19,25H,1,8,10-11,22-23H2,2H3;1-2H3. The third kappa shape index (κ3) is 3.70. The van der Waals surface area contributed by atoms with Crippen LogP contribution in [0.15, 0.2) is 42.9 Å². The Balaban J connectivity index is 0.00000109. The van der Waals surface area contributed by atoms with Gasteiger partial charge in [-0.2, -0.15) is 0 Å². The Hall–Kier alpha value is -2.57. The molecular formula is C22H29BN4O. The molecule has 0 radical (unpaired) electrons. The summed E-state index contributed by atoms with van der Waals surface area (Å²) in [5.74, 6) is 3.28. The van der Waals surface area contributed by atoms with Gasteiger partial charge in [-0.15, -0.1) is 0 Å². The molecule has 0 spiro atoms. The number of aromatic nitrogens is 1. The number of fused-ring (bicyclic) bond motifs is 2. The molecule has 146 valence electrons. The molecule has 0 saturated carbocycles. The van der Waals surface area contributed by atoms with E-state index in [0.29, 0.717) is 13.1 Å². The summed E-state index contributed by atoms with van der Waals surface area (Å²) in [5.41, 5.74) is 18.6. The van der Waals surface area contributed by atoms with Crippen molar-refractivity contribution in [1.82, 2.24) is 10.3 Å². The number of nitrogens with two attached hydrogens (primary N) is 2. The second-order valence-corrected chi connectivity index (χ2v) is 6.90. The van der Waals surface area contributed by atoms with E-state index >= 15 is 0 Å². The van der Waals surface area contributed by atoms with Gasteiger partial charge in [0.15, 0.2) is 0 Å². The quantitative estimate of drug-likeness (QED) is 0.714. The highest BCUT2D eigenvalue weighted by molar-refractivity contribution is 6.63. The first-order valence-electron chi connectivity index (χ1n) is 9.92. The molecule has 5 nitrogen and oxygen atoms in total. The average molecular weight is 376 g/mol.